The van der Waals surface area contributed by atoms with Gasteiger partial charge in [-0.3, -0.25) is 0 Å². The molecule has 1 saturated carbocycles. The van der Waals surface area contributed by atoms with Crippen LogP contribution >= 0.6 is 11.3 Å². The average Bonchev–Trinajstić information content (AvgIpc) is 3.02. The Morgan fingerprint density at radius 2 is 2.16 bits per heavy atom. The molecular weight excluding hydrogens is 282 g/mol. The molecule has 2 aromatic rings. The molecule has 1 aliphatic carbocycles. The van der Waals surface area contributed by atoms with Gasteiger partial charge in [-0.25, -0.2) is 18.4 Å². The normalized spacial score (nSPS) is 19.3. The van der Waals surface area contributed by atoms with E-state index in [0.29, 0.717) is 0 Å². The van der Waals surface area contributed by atoms with Crippen LogP contribution in [-0.2, 0) is 9.84 Å². The fourth-order valence-corrected chi connectivity index (χ4v) is 4.82. The second-order valence-electron chi connectivity index (χ2n) is 5.06. The number of rotatable bonds is 4. The van der Waals surface area contributed by atoms with Crippen LogP contribution in [0.3, 0.4) is 0 Å². The van der Waals surface area contributed by atoms with Crippen molar-refractivity contribution in [3.63, 3.8) is 0 Å². The maximum absolute atomic E-state index is 11.9. The van der Waals surface area contributed by atoms with Crippen LogP contribution in [0.4, 0.5) is 5.82 Å². The lowest BCUT2D eigenvalue weighted by molar-refractivity contribution is 0.568. The Morgan fingerprint density at radius 1 is 1.42 bits per heavy atom. The molecule has 0 aliphatic heterocycles. The van der Waals surface area contributed by atoms with Gasteiger partial charge in [-0.05, 0) is 31.2 Å². The van der Waals surface area contributed by atoms with Gasteiger partial charge < -0.3 is 5.32 Å². The smallest absolute Gasteiger partial charge is 0.155 e. The summed E-state index contributed by atoms with van der Waals surface area (Å²) in [4.78, 5) is 8.41. The Bertz CT molecular complexity index is 719. The molecule has 7 heteroatoms. The van der Waals surface area contributed by atoms with E-state index in [4.69, 9.17) is 0 Å². The molecule has 0 saturated heterocycles. The number of aromatic nitrogens is 2. The van der Waals surface area contributed by atoms with Crippen LogP contribution in [0, 0.1) is 0 Å². The molecule has 1 N–H and O–H groups in total. The number of hydrogen-bond donors (Lipinski definition) is 1. The van der Waals surface area contributed by atoms with E-state index in [1.54, 1.807) is 11.3 Å². The van der Waals surface area contributed by atoms with E-state index in [-0.39, 0.29) is 6.04 Å². The van der Waals surface area contributed by atoms with Crippen LogP contribution < -0.4 is 5.32 Å². The monoisotopic (exact) mass is 297 g/mol. The summed E-state index contributed by atoms with van der Waals surface area (Å²) in [5, 5.41) is 5.22. The SMILES string of the molecule is CC(Nc1ncnc2ccsc12)C1(S(C)(=O)=O)CC1. The number of sulfone groups is 1. The molecule has 2 aromatic heterocycles. The number of thiophene rings is 1. The van der Waals surface area contributed by atoms with Gasteiger partial charge >= 0.3 is 0 Å². The molecule has 0 spiro atoms. The summed E-state index contributed by atoms with van der Waals surface area (Å²) in [6, 6.07) is 1.78. The van der Waals surface area contributed by atoms with Crippen molar-refractivity contribution in [1.29, 1.82) is 0 Å². The van der Waals surface area contributed by atoms with Crippen LogP contribution in [-0.4, -0.2) is 35.4 Å². The minimum Gasteiger partial charge on any atom is -0.365 e. The summed E-state index contributed by atoms with van der Waals surface area (Å²) < 4.78 is 24.1. The molecule has 1 unspecified atom stereocenters. The third kappa shape index (κ3) is 2.01. The van der Waals surface area contributed by atoms with Crippen molar-refractivity contribution in [1.82, 2.24) is 9.97 Å². The molecule has 0 amide bonds. The first-order valence-electron chi connectivity index (χ1n) is 6.08. The van der Waals surface area contributed by atoms with Gasteiger partial charge in [0.2, 0.25) is 0 Å². The van der Waals surface area contributed by atoms with E-state index in [0.717, 1.165) is 28.9 Å². The lowest BCUT2D eigenvalue weighted by Crippen LogP contribution is -2.39. The molecule has 0 aromatic carbocycles. The zero-order chi connectivity index (χ0) is 13.7. The molecule has 0 bridgehead atoms. The molecule has 5 nitrogen and oxygen atoms in total. The number of hydrogen-bond acceptors (Lipinski definition) is 6. The van der Waals surface area contributed by atoms with Gasteiger partial charge in [-0.2, -0.15) is 0 Å². The fraction of sp³-hybridized carbons (Fsp3) is 0.500. The van der Waals surface area contributed by atoms with Crippen molar-refractivity contribution in [3.8, 4) is 0 Å². The van der Waals surface area contributed by atoms with Crippen molar-refractivity contribution in [2.75, 3.05) is 11.6 Å². The standard InChI is InChI=1S/C12H15N3O2S2/c1-8(12(4-5-12)19(2,16)17)15-11-10-9(3-6-18-10)13-7-14-11/h3,6-8H,4-5H2,1-2H3,(H,13,14,15). The highest BCUT2D eigenvalue weighted by atomic mass is 32.2. The second kappa shape index (κ2) is 4.14. The maximum Gasteiger partial charge on any atom is 0.155 e. The van der Waals surface area contributed by atoms with Crippen LogP contribution in [0.25, 0.3) is 10.2 Å². The van der Waals surface area contributed by atoms with E-state index >= 15 is 0 Å². The van der Waals surface area contributed by atoms with Crippen molar-refractivity contribution >= 4 is 37.2 Å². The van der Waals surface area contributed by atoms with Crippen LogP contribution in [0.5, 0.6) is 0 Å². The molecule has 1 fully saturated rings. The Balaban J connectivity index is 1.92. The third-order valence-corrected chi connectivity index (χ3v) is 7.02. The quantitative estimate of drug-likeness (QED) is 0.935. The molecular formula is C12H15N3O2S2. The van der Waals surface area contributed by atoms with Crippen LogP contribution in [0.1, 0.15) is 19.8 Å². The average molecular weight is 297 g/mol. The molecule has 2 heterocycles. The zero-order valence-electron chi connectivity index (χ0n) is 10.8. The Morgan fingerprint density at radius 3 is 2.79 bits per heavy atom. The highest BCUT2D eigenvalue weighted by Gasteiger charge is 2.56. The summed E-state index contributed by atoms with van der Waals surface area (Å²) in [5.41, 5.74) is 0.888. The summed E-state index contributed by atoms with van der Waals surface area (Å²) in [5.74, 6) is 0.724. The topological polar surface area (TPSA) is 72.0 Å². The minimum atomic E-state index is -3.05. The van der Waals surface area contributed by atoms with Gasteiger partial charge in [0, 0.05) is 12.3 Å². The molecule has 3 rings (SSSR count). The maximum atomic E-state index is 11.9. The van der Waals surface area contributed by atoms with Gasteiger partial charge in [-0.15, -0.1) is 11.3 Å². The number of fused-ring (bicyclic) bond motifs is 1. The predicted molar refractivity (Wildman–Crippen MR) is 77.3 cm³/mol. The van der Waals surface area contributed by atoms with E-state index in [9.17, 15) is 8.42 Å². The van der Waals surface area contributed by atoms with Crippen molar-refractivity contribution in [3.05, 3.63) is 17.8 Å². The van der Waals surface area contributed by atoms with E-state index in [2.05, 4.69) is 15.3 Å². The van der Waals surface area contributed by atoms with Gasteiger partial charge in [0.15, 0.2) is 9.84 Å². The molecule has 102 valence electrons. The highest BCUT2D eigenvalue weighted by molar-refractivity contribution is 7.92. The predicted octanol–water partition coefficient (Wildman–Crippen LogP) is 2.07. The lowest BCUT2D eigenvalue weighted by atomic mass is 10.2. The van der Waals surface area contributed by atoms with Crippen molar-refractivity contribution in [2.45, 2.75) is 30.6 Å². The van der Waals surface area contributed by atoms with E-state index < -0.39 is 14.6 Å². The largest absolute Gasteiger partial charge is 0.365 e. The van der Waals surface area contributed by atoms with Gasteiger partial charge in [0.25, 0.3) is 0 Å². The van der Waals surface area contributed by atoms with E-state index in [1.807, 2.05) is 18.4 Å². The first-order chi connectivity index (χ1) is 8.94. The van der Waals surface area contributed by atoms with Gasteiger partial charge in [-0.1, -0.05) is 0 Å². The van der Waals surface area contributed by atoms with Crippen LogP contribution in [0.2, 0.25) is 0 Å². The first-order valence-corrected chi connectivity index (χ1v) is 8.85. The van der Waals surface area contributed by atoms with Crippen LogP contribution in [0.15, 0.2) is 17.8 Å². The van der Waals surface area contributed by atoms with E-state index in [1.165, 1.54) is 12.6 Å². The second-order valence-corrected chi connectivity index (χ2v) is 8.33. The lowest BCUT2D eigenvalue weighted by Gasteiger charge is -2.23. The molecule has 1 aliphatic rings. The van der Waals surface area contributed by atoms with Gasteiger partial charge in [0.05, 0.1) is 15.0 Å². The summed E-state index contributed by atoms with van der Waals surface area (Å²) in [6.07, 6.45) is 4.26. The van der Waals surface area contributed by atoms with Crippen molar-refractivity contribution < 1.29 is 8.42 Å². The number of nitrogens with zero attached hydrogens (tertiary/aromatic N) is 2. The fourth-order valence-electron chi connectivity index (χ4n) is 2.48. The summed E-state index contributed by atoms with van der Waals surface area (Å²) in [6.45, 7) is 1.91. The summed E-state index contributed by atoms with van der Waals surface area (Å²) in [7, 11) is -3.05. The van der Waals surface area contributed by atoms with Crippen molar-refractivity contribution in [2.24, 2.45) is 0 Å². The first kappa shape index (κ1) is 12.8. The minimum absolute atomic E-state index is 0.150. The van der Waals surface area contributed by atoms with Gasteiger partial charge in [0.1, 0.15) is 12.1 Å². The number of nitrogens with one attached hydrogen (secondary N) is 1. The Hall–Kier alpha value is -1.21. The Kier molecular flexibility index (Phi) is 2.79. The number of anilines is 1. The summed E-state index contributed by atoms with van der Waals surface area (Å²) >= 11 is 1.56. The molecule has 19 heavy (non-hydrogen) atoms. The Labute approximate surface area is 116 Å². The molecule has 1 atom stereocenters. The zero-order valence-corrected chi connectivity index (χ0v) is 12.4. The third-order valence-electron chi connectivity index (χ3n) is 3.87. The molecule has 0 radical (unpaired) electrons. The highest BCUT2D eigenvalue weighted by Crippen LogP contribution is 2.47.